The molecule has 0 saturated carbocycles. The molecule has 2 heterocycles. The van der Waals surface area contributed by atoms with Crippen molar-refractivity contribution < 1.29 is 14.7 Å². The van der Waals surface area contributed by atoms with Gasteiger partial charge in [-0.2, -0.15) is 0 Å². The van der Waals surface area contributed by atoms with Crippen LogP contribution in [0.4, 0.5) is 0 Å². The number of aliphatic carboxylic acids is 1. The van der Waals surface area contributed by atoms with Crippen LogP contribution in [0.1, 0.15) is 13.8 Å². The maximum absolute atomic E-state index is 12.3. The Morgan fingerprint density at radius 1 is 1.43 bits per heavy atom. The van der Waals surface area contributed by atoms with Crippen LogP contribution in [-0.2, 0) is 16.1 Å². The van der Waals surface area contributed by atoms with E-state index >= 15 is 0 Å². The number of hydrogen-bond acceptors (Lipinski definition) is 6. The molecule has 1 amide bonds. The van der Waals surface area contributed by atoms with Gasteiger partial charge in [-0.05, 0) is 13.8 Å². The third kappa shape index (κ3) is 2.81. The molecule has 0 unspecified atom stereocenters. The summed E-state index contributed by atoms with van der Waals surface area (Å²) in [5, 5.41) is 8.95. The normalized spacial score (nSPS) is 18.8. The van der Waals surface area contributed by atoms with Crippen LogP contribution < -0.4 is 14.8 Å². The number of thioether (sulfide) groups is 1. The fraction of sp³-hybridized carbons (Fsp3) is 0.333. The summed E-state index contributed by atoms with van der Waals surface area (Å²) in [4.78, 5) is 37.2. The molecule has 21 heavy (non-hydrogen) atoms. The molecule has 1 N–H and O–H groups in total. The first-order chi connectivity index (χ1) is 9.90. The maximum atomic E-state index is 12.3. The van der Waals surface area contributed by atoms with E-state index in [-0.39, 0.29) is 5.91 Å². The first-order valence-corrected chi connectivity index (χ1v) is 8.10. The highest BCUT2D eigenvalue weighted by molar-refractivity contribution is 8.30. The highest BCUT2D eigenvalue weighted by Gasteiger charge is 2.33. The predicted octanol–water partition coefficient (Wildman–Crippen LogP) is -0.217. The zero-order valence-electron chi connectivity index (χ0n) is 11.3. The molecular formula is C12H12N2O4S3. The molecule has 1 aliphatic heterocycles. The Morgan fingerprint density at radius 2 is 2.10 bits per heavy atom. The molecule has 0 aromatic carbocycles. The summed E-state index contributed by atoms with van der Waals surface area (Å²) in [6.45, 7) is 3.46. The summed E-state index contributed by atoms with van der Waals surface area (Å²) in [7, 11) is 0. The first kappa shape index (κ1) is 15.9. The van der Waals surface area contributed by atoms with E-state index in [1.165, 1.54) is 4.90 Å². The van der Waals surface area contributed by atoms with E-state index in [0.717, 1.165) is 27.7 Å². The maximum Gasteiger partial charge on any atom is 0.323 e. The number of rotatable bonds is 3. The second kappa shape index (κ2) is 6.12. The molecule has 9 heteroatoms. The van der Waals surface area contributed by atoms with Crippen molar-refractivity contribution in [1.29, 1.82) is 0 Å². The van der Waals surface area contributed by atoms with Crippen molar-refractivity contribution in [3.05, 3.63) is 19.5 Å². The molecule has 0 bridgehead atoms. The molecule has 1 aromatic rings. The number of thiocarbonyl (C=S) groups is 1. The van der Waals surface area contributed by atoms with Crippen LogP contribution in [0.5, 0.6) is 0 Å². The van der Waals surface area contributed by atoms with E-state index in [1.54, 1.807) is 19.9 Å². The summed E-state index contributed by atoms with van der Waals surface area (Å²) in [6, 6.07) is 0. The minimum absolute atomic E-state index is 0.282. The number of carbonyl (C=O) groups is 2. The topological polar surface area (TPSA) is 79.6 Å². The largest absolute Gasteiger partial charge is 0.480 e. The minimum atomic E-state index is -1.13. The van der Waals surface area contributed by atoms with Crippen LogP contribution in [0.25, 0.3) is 11.0 Å². The van der Waals surface area contributed by atoms with Crippen molar-refractivity contribution >= 4 is 62.5 Å². The molecule has 1 fully saturated rings. The number of thiazole rings is 1. The number of nitrogens with zero attached hydrogens (tertiary/aromatic N) is 2. The summed E-state index contributed by atoms with van der Waals surface area (Å²) in [5.74, 6) is -1.42. The number of hydrogen-bond donors (Lipinski definition) is 1. The average Bonchev–Trinajstić information content (AvgIpc) is 2.88. The third-order valence-electron chi connectivity index (χ3n) is 2.82. The standard InChI is InChI=1S/C12H12N2O4S3/c1-3-6-9(17)14(5-7(15)16)11(20-6)8-10(18)13(4-2)12(19)21-8/h3H,4-5H2,1-2H3,(H,15,16)/b6-3?,11-8+. The van der Waals surface area contributed by atoms with E-state index in [9.17, 15) is 14.4 Å². The van der Waals surface area contributed by atoms with E-state index in [0.29, 0.717) is 25.0 Å². The van der Waals surface area contributed by atoms with Gasteiger partial charge in [0.15, 0.2) is 0 Å². The monoisotopic (exact) mass is 344 g/mol. The highest BCUT2D eigenvalue weighted by Crippen LogP contribution is 2.30. The van der Waals surface area contributed by atoms with Crippen molar-refractivity contribution in [2.24, 2.45) is 0 Å². The highest BCUT2D eigenvalue weighted by atomic mass is 32.2. The van der Waals surface area contributed by atoms with Gasteiger partial charge in [0.2, 0.25) is 0 Å². The Balaban J connectivity index is 2.77. The fourth-order valence-electron chi connectivity index (χ4n) is 1.86. The van der Waals surface area contributed by atoms with Crippen LogP contribution in [-0.4, -0.2) is 37.3 Å². The Kier molecular flexibility index (Phi) is 4.64. The van der Waals surface area contributed by atoms with Gasteiger partial charge in [0.1, 0.15) is 20.4 Å². The van der Waals surface area contributed by atoms with Gasteiger partial charge in [0, 0.05) is 6.54 Å². The van der Waals surface area contributed by atoms with Gasteiger partial charge < -0.3 is 5.11 Å². The average molecular weight is 344 g/mol. The zero-order valence-corrected chi connectivity index (χ0v) is 13.7. The first-order valence-electron chi connectivity index (χ1n) is 6.06. The fourth-order valence-corrected chi connectivity index (χ4v) is 4.42. The predicted molar refractivity (Wildman–Crippen MR) is 86.6 cm³/mol. The van der Waals surface area contributed by atoms with Gasteiger partial charge in [-0.3, -0.25) is 23.9 Å². The van der Waals surface area contributed by atoms with E-state index in [1.807, 2.05) is 0 Å². The lowest BCUT2D eigenvalue weighted by Crippen LogP contribution is -2.35. The van der Waals surface area contributed by atoms with Crippen LogP contribution in [0.2, 0.25) is 0 Å². The summed E-state index contributed by atoms with van der Waals surface area (Å²) < 4.78 is 2.30. The number of carbonyl (C=O) groups excluding carboxylic acids is 1. The molecule has 0 spiro atoms. The van der Waals surface area contributed by atoms with Crippen LogP contribution in [0.15, 0.2) is 4.79 Å². The van der Waals surface area contributed by atoms with Gasteiger partial charge in [0.25, 0.3) is 11.5 Å². The molecule has 112 valence electrons. The molecular weight excluding hydrogens is 332 g/mol. The molecule has 0 aliphatic carbocycles. The summed E-state index contributed by atoms with van der Waals surface area (Å²) >= 11 is 7.35. The molecule has 0 atom stereocenters. The summed E-state index contributed by atoms with van der Waals surface area (Å²) in [5.41, 5.74) is -0.401. The van der Waals surface area contributed by atoms with E-state index < -0.39 is 18.1 Å². The second-order valence-electron chi connectivity index (χ2n) is 4.09. The molecule has 1 saturated heterocycles. The Morgan fingerprint density at radius 3 is 2.57 bits per heavy atom. The van der Waals surface area contributed by atoms with Crippen molar-refractivity contribution in [3.8, 4) is 0 Å². The Bertz CT molecular complexity index is 805. The van der Waals surface area contributed by atoms with Gasteiger partial charge in [-0.25, -0.2) is 0 Å². The Labute approximate surface area is 133 Å². The SMILES string of the molecule is CC=c1s/c(=C2/SC(=S)N(CC)C2=O)n(CC(=O)O)c1=O. The van der Waals surface area contributed by atoms with Crippen molar-refractivity contribution in [2.75, 3.05) is 6.54 Å². The number of carboxylic acid groups (broad SMARTS) is 1. The smallest absolute Gasteiger partial charge is 0.323 e. The quantitative estimate of drug-likeness (QED) is 0.764. The zero-order chi connectivity index (χ0) is 15.7. The van der Waals surface area contributed by atoms with Crippen LogP contribution in [0.3, 0.4) is 0 Å². The van der Waals surface area contributed by atoms with Crippen molar-refractivity contribution in [1.82, 2.24) is 9.47 Å². The number of aromatic nitrogens is 1. The van der Waals surface area contributed by atoms with Gasteiger partial charge in [-0.1, -0.05) is 30.1 Å². The molecule has 1 aromatic heterocycles. The summed E-state index contributed by atoms with van der Waals surface area (Å²) in [6.07, 6.45) is 1.61. The second-order valence-corrected chi connectivity index (χ2v) is 6.77. The van der Waals surface area contributed by atoms with E-state index in [4.69, 9.17) is 17.3 Å². The molecule has 1 aliphatic rings. The number of amides is 1. The van der Waals surface area contributed by atoms with Crippen molar-refractivity contribution in [3.63, 3.8) is 0 Å². The van der Waals surface area contributed by atoms with Gasteiger partial charge in [-0.15, -0.1) is 11.3 Å². The lowest BCUT2D eigenvalue weighted by molar-refractivity contribution is -0.137. The minimum Gasteiger partial charge on any atom is -0.480 e. The van der Waals surface area contributed by atoms with Gasteiger partial charge in [0.05, 0.1) is 4.53 Å². The van der Waals surface area contributed by atoms with Crippen LogP contribution in [0, 0.1) is 0 Å². The number of carboxylic acids is 1. The molecule has 0 radical (unpaired) electrons. The Hall–Kier alpha value is -1.45. The van der Waals surface area contributed by atoms with Crippen molar-refractivity contribution in [2.45, 2.75) is 20.4 Å². The molecule has 6 nitrogen and oxygen atoms in total. The van der Waals surface area contributed by atoms with Gasteiger partial charge >= 0.3 is 5.97 Å². The lowest BCUT2D eigenvalue weighted by Gasteiger charge is -2.09. The van der Waals surface area contributed by atoms with E-state index in [2.05, 4.69) is 0 Å². The molecule has 2 rings (SSSR count). The van der Waals surface area contributed by atoms with Crippen LogP contribution >= 0.6 is 35.3 Å². The lowest BCUT2D eigenvalue weighted by atomic mass is 10.5. The third-order valence-corrected chi connectivity index (χ3v) is 5.64.